The summed E-state index contributed by atoms with van der Waals surface area (Å²) >= 11 is 0. The Morgan fingerprint density at radius 2 is 2.17 bits per heavy atom. The number of urea groups is 1. The Labute approximate surface area is 109 Å². The van der Waals surface area contributed by atoms with E-state index in [1.165, 1.54) is 0 Å². The molecule has 18 heavy (non-hydrogen) atoms. The van der Waals surface area contributed by atoms with Crippen LogP contribution in [-0.4, -0.2) is 41.1 Å². The van der Waals surface area contributed by atoms with Crippen LogP contribution in [0.1, 0.15) is 46.0 Å². The lowest BCUT2D eigenvalue weighted by Gasteiger charge is -2.22. The van der Waals surface area contributed by atoms with Gasteiger partial charge in [-0.25, -0.2) is 4.79 Å². The maximum absolute atomic E-state index is 12.0. The summed E-state index contributed by atoms with van der Waals surface area (Å²) in [5.41, 5.74) is 0. The molecule has 2 amide bonds. The Morgan fingerprint density at radius 3 is 2.72 bits per heavy atom. The van der Waals surface area contributed by atoms with Crippen LogP contribution in [0, 0.1) is 5.92 Å². The molecular formula is C13H24N2O3. The highest BCUT2D eigenvalue weighted by Gasteiger charge is 2.28. The zero-order chi connectivity index (χ0) is 13.5. The van der Waals surface area contributed by atoms with Crippen LogP contribution in [0.15, 0.2) is 0 Å². The van der Waals surface area contributed by atoms with Gasteiger partial charge in [0.1, 0.15) is 0 Å². The van der Waals surface area contributed by atoms with E-state index in [-0.39, 0.29) is 24.4 Å². The molecule has 0 aromatic heterocycles. The van der Waals surface area contributed by atoms with E-state index in [0.717, 1.165) is 25.7 Å². The molecule has 0 spiro atoms. The van der Waals surface area contributed by atoms with Crippen molar-refractivity contribution in [3.05, 3.63) is 0 Å². The van der Waals surface area contributed by atoms with Crippen molar-refractivity contribution in [2.24, 2.45) is 5.92 Å². The molecule has 2 N–H and O–H groups in total. The molecule has 1 heterocycles. The third-order valence-electron chi connectivity index (χ3n) is 3.49. The molecule has 1 aliphatic heterocycles. The number of hydrogen-bond donors (Lipinski definition) is 2. The number of carboxylic acid groups (broad SMARTS) is 1. The highest BCUT2D eigenvalue weighted by molar-refractivity contribution is 5.75. The predicted molar refractivity (Wildman–Crippen MR) is 69.5 cm³/mol. The summed E-state index contributed by atoms with van der Waals surface area (Å²) in [4.78, 5) is 24.4. The number of nitrogens with one attached hydrogen (secondary N) is 1. The molecule has 0 bridgehead atoms. The number of nitrogens with zero attached hydrogens (tertiary/aromatic N) is 1. The van der Waals surface area contributed by atoms with Gasteiger partial charge in [-0.3, -0.25) is 4.79 Å². The molecule has 5 heteroatoms. The average molecular weight is 256 g/mol. The number of amides is 2. The van der Waals surface area contributed by atoms with Gasteiger partial charge >= 0.3 is 12.0 Å². The number of likely N-dealkylation sites (tertiary alicyclic amines) is 1. The quantitative estimate of drug-likeness (QED) is 0.764. The third-order valence-corrected chi connectivity index (χ3v) is 3.49. The highest BCUT2D eigenvalue weighted by Crippen LogP contribution is 2.19. The van der Waals surface area contributed by atoms with E-state index in [2.05, 4.69) is 19.2 Å². The second-order valence-electron chi connectivity index (χ2n) is 5.04. The number of rotatable bonds is 6. The summed E-state index contributed by atoms with van der Waals surface area (Å²) in [6.07, 6.45) is 3.95. The van der Waals surface area contributed by atoms with Crippen LogP contribution in [0.2, 0.25) is 0 Å². The van der Waals surface area contributed by atoms with E-state index in [9.17, 15) is 9.59 Å². The molecule has 0 saturated carbocycles. The zero-order valence-corrected chi connectivity index (χ0v) is 11.3. The average Bonchev–Trinajstić information content (AvgIpc) is 2.76. The topological polar surface area (TPSA) is 69.6 Å². The van der Waals surface area contributed by atoms with Crippen LogP contribution >= 0.6 is 0 Å². The molecule has 0 aromatic rings. The van der Waals surface area contributed by atoms with E-state index in [1.54, 1.807) is 4.90 Å². The normalized spacial score (nSPS) is 20.8. The lowest BCUT2D eigenvalue weighted by molar-refractivity contribution is -0.138. The van der Waals surface area contributed by atoms with Gasteiger partial charge in [0.05, 0.1) is 0 Å². The maximum atomic E-state index is 12.0. The van der Waals surface area contributed by atoms with Crippen molar-refractivity contribution in [1.29, 1.82) is 0 Å². The Balaban J connectivity index is 2.37. The van der Waals surface area contributed by atoms with E-state index >= 15 is 0 Å². The molecule has 1 saturated heterocycles. The first-order chi connectivity index (χ1) is 8.56. The Bertz CT molecular complexity index is 294. The smallest absolute Gasteiger partial charge is 0.317 e. The molecule has 104 valence electrons. The maximum Gasteiger partial charge on any atom is 0.317 e. The molecule has 1 fully saturated rings. The van der Waals surface area contributed by atoms with Gasteiger partial charge in [-0.05, 0) is 25.2 Å². The molecule has 0 aromatic carbocycles. The van der Waals surface area contributed by atoms with Crippen molar-refractivity contribution in [1.82, 2.24) is 10.2 Å². The fourth-order valence-electron chi connectivity index (χ4n) is 2.42. The van der Waals surface area contributed by atoms with Gasteiger partial charge in [-0.1, -0.05) is 20.3 Å². The van der Waals surface area contributed by atoms with E-state index < -0.39 is 5.97 Å². The number of carbonyl (C=O) groups excluding carboxylic acids is 1. The van der Waals surface area contributed by atoms with Crippen molar-refractivity contribution >= 4 is 12.0 Å². The van der Waals surface area contributed by atoms with E-state index in [4.69, 9.17) is 5.11 Å². The number of hydrogen-bond acceptors (Lipinski definition) is 2. The second kappa shape index (κ2) is 7.24. The van der Waals surface area contributed by atoms with Crippen molar-refractivity contribution in [3.63, 3.8) is 0 Å². The third kappa shape index (κ3) is 4.55. The van der Waals surface area contributed by atoms with Gasteiger partial charge in [0.25, 0.3) is 0 Å². The number of aliphatic carboxylic acids is 1. The Hall–Kier alpha value is -1.26. The summed E-state index contributed by atoms with van der Waals surface area (Å²) in [7, 11) is 0. The van der Waals surface area contributed by atoms with Gasteiger partial charge < -0.3 is 15.3 Å². The van der Waals surface area contributed by atoms with Crippen LogP contribution in [0.5, 0.6) is 0 Å². The lowest BCUT2D eigenvalue weighted by atomic mass is 10.1. The number of carboxylic acids is 1. The van der Waals surface area contributed by atoms with Gasteiger partial charge in [0.15, 0.2) is 0 Å². The molecule has 0 radical (unpaired) electrons. The van der Waals surface area contributed by atoms with Crippen molar-refractivity contribution in [2.75, 3.05) is 13.1 Å². The Kier molecular flexibility index (Phi) is 5.95. The van der Waals surface area contributed by atoms with Gasteiger partial charge in [0.2, 0.25) is 0 Å². The van der Waals surface area contributed by atoms with Crippen LogP contribution in [0.4, 0.5) is 4.79 Å². The first-order valence-electron chi connectivity index (χ1n) is 6.84. The summed E-state index contributed by atoms with van der Waals surface area (Å²) in [5, 5.41) is 11.8. The van der Waals surface area contributed by atoms with Gasteiger partial charge in [-0.15, -0.1) is 0 Å². The number of carbonyl (C=O) groups is 2. The molecule has 0 aliphatic carbocycles. The minimum Gasteiger partial charge on any atom is -0.481 e. The SMILES string of the molecule is CCCC(CC)NC(=O)N1CCC(CC(=O)O)C1. The molecule has 5 nitrogen and oxygen atoms in total. The molecule has 1 aliphatic rings. The fraction of sp³-hybridized carbons (Fsp3) is 0.846. The summed E-state index contributed by atoms with van der Waals surface area (Å²) < 4.78 is 0. The van der Waals surface area contributed by atoms with E-state index in [1.807, 2.05) is 0 Å². The summed E-state index contributed by atoms with van der Waals surface area (Å²) in [6.45, 7) is 5.42. The Morgan fingerprint density at radius 1 is 1.44 bits per heavy atom. The van der Waals surface area contributed by atoms with Gasteiger partial charge in [0, 0.05) is 25.6 Å². The molecular weight excluding hydrogens is 232 g/mol. The summed E-state index contributed by atoms with van der Waals surface area (Å²) in [6, 6.07) is 0.198. The first-order valence-corrected chi connectivity index (χ1v) is 6.84. The van der Waals surface area contributed by atoms with Crippen LogP contribution in [-0.2, 0) is 4.79 Å². The van der Waals surface area contributed by atoms with Crippen LogP contribution < -0.4 is 5.32 Å². The molecule has 1 rings (SSSR count). The first kappa shape index (κ1) is 14.8. The van der Waals surface area contributed by atoms with Gasteiger partial charge in [-0.2, -0.15) is 0 Å². The van der Waals surface area contributed by atoms with Crippen molar-refractivity contribution < 1.29 is 14.7 Å². The van der Waals surface area contributed by atoms with Crippen LogP contribution in [0.3, 0.4) is 0 Å². The molecule has 2 atom stereocenters. The summed E-state index contributed by atoms with van der Waals surface area (Å²) in [5.74, 6) is -0.667. The van der Waals surface area contributed by atoms with Crippen molar-refractivity contribution in [3.8, 4) is 0 Å². The largest absolute Gasteiger partial charge is 0.481 e. The standard InChI is InChI=1S/C13H24N2O3/c1-3-5-11(4-2)14-13(18)15-7-6-10(9-15)8-12(16)17/h10-11H,3-9H2,1-2H3,(H,14,18)(H,16,17). The minimum absolute atomic E-state index is 0.0387. The van der Waals surface area contributed by atoms with Crippen LogP contribution in [0.25, 0.3) is 0 Å². The predicted octanol–water partition coefficient (Wildman–Crippen LogP) is 2.07. The highest BCUT2D eigenvalue weighted by atomic mass is 16.4. The monoisotopic (exact) mass is 256 g/mol. The fourth-order valence-corrected chi connectivity index (χ4v) is 2.42. The van der Waals surface area contributed by atoms with E-state index in [0.29, 0.717) is 13.1 Å². The lowest BCUT2D eigenvalue weighted by Crippen LogP contribution is -2.43. The molecule has 2 unspecified atom stereocenters. The second-order valence-corrected chi connectivity index (χ2v) is 5.04. The minimum atomic E-state index is -0.778. The zero-order valence-electron chi connectivity index (χ0n) is 11.3. The van der Waals surface area contributed by atoms with Crippen molar-refractivity contribution in [2.45, 2.75) is 52.0 Å².